The van der Waals surface area contributed by atoms with Crippen LogP contribution in [0.3, 0.4) is 0 Å². The summed E-state index contributed by atoms with van der Waals surface area (Å²) in [5, 5.41) is 11.8. The molecule has 42 heavy (non-hydrogen) atoms. The number of nitro benzene ring substituents is 1. The molecule has 1 N–H and O–H groups in total. The first-order valence-corrected chi connectivity index (χ1v) is 14.4. The van der Waals surface area contributed by atoms with Crippen molar-refractivity contribution >= 4 is 32.3 Å². The second-order valence-electron chi connectivity index (χ2n) is 9.21. The number of pyridine rings is 1. The Labute approximate surface area is 240 Å². The highest BCUT2D eigenvalue weighted by atomic mass is 32.2. The molecule has 3 aromatic carbocycles. The van der Waals surface area contributed by atoms with Crippen molar-refractivity contribution in [3.63, 3.8) is 0 Å². The molecule has 0 atom stereocenters. The van der Waals surface area contributed by atoms with Crippen molar-refractivity contribution in [2.45, 2.75) is 4.90 Å². The third-order valence-electron chi connectivity index (χ3n) is 6.51. The van der Waals surface area contributed by atoms with Crippen LogP contribution in [-0.2, 0) is 14.8 Å². The Morgan fingerprint density at radius 1 is 1.05 bits per heavy atom. The molecule has 1 saturated heterocycles. The van der Waals surface area contributed by atoms with E-state index in [-0.39, 0.29) is 17.2 Å². The van der Waals surface area contributed by atoms with Crippen molar-refractivity contribution in [2.24, 2.45) is 0 Å². The number of rotatable bonds is 11. The summed E-state index contributed by atoms with van der Waals surface area (Å²) in [4.78, 5) is 16.5. The number of hydrogen-bond donors (Lipinski definition) is 1. The van der Waals surface area contributed by atoms with Gasteiger partial charge in [0.1, 0.15) is 12.4 Å². The number of fused-ring (bicyclic) bond motifs is 1. The molecule has 1 aromatic heterocycles. The van der Waals surface area contributed by atoms with Gasteiger partial charge in [-0.25, -0.2) is 12.8 Å². The Morgan fingerprint density at radius 2 is 1.83 bits per heavy atom. The van der Waals surface area contributed by atoms with Crippen molar-refractivity contribution in [3.05, 3.63) is 82.8 Å². The highest BCUT2D eigenvalue weighted by Gasteiger charge is 2.25. The van der Waals surface area contributed by atoms with Crippen LogP contribution >= 0.6 is 0 Å². The van der Waals surface area contributed by atoms with E-state index >= 15 is 4.39 Å². The molecule has 0 unspecified atom stereocenters. The highest BCUT2D eigenvalue weighted by Crippen LogP contribution is 2.38. The molecule has 0 radical (unpaired) electrons. The maximum Gasteiger partial charge on any atom is 0.289 e. The van der Waals surface area contributed by atoms with E-state index in [9.17, 15) is 18.5 Å². The lowest BCUT2D eigenvalue weighted by Gasteiger charge is -2.26. The molecule has 0 saturated carbocycles. The zero-order valence-electron chi connectivity index (χ0n) is 22.5. The normalized spacial score (nSPS) is 14.0. The van der Waals surface area contributed by atoms with Crippen LogP contribution in [0.5, 0.6) is 23.0 Å². The van der Waals surface area contributed by atoms with E-state index in [0.717, 1.165) is 37.8 Å². The van der Waals surface area contributed by atoms with Gasteiger partial charge in [-0.15, -0.1) is 0 Å². The minimum atomic E-state index is -4.37. The molecule has 4 aromatic rings. The van der Waals surface area contributed by atoms with Gasteiger partial charge in [-0.1, -0.05) is 12.1 Å². The van der Waals surface area contributed by atoms with Gasteiger partial charge in [0.25, 0.3) is 15.7 Å². The largest absolute Gasteiger partial charge is 0.493 e. The number of nitrogens with one attached hydrogen (secondary N) is 1. The van der Waals surface area contributed by atoms with Gasteiger partial charge in [0.2, 0.25) is 0 Å². The predicted molar refractivity (Wildman–Crippen MR) is 151 cm³/mol. The fourth-order valence-corrected chi connectivity index (χ4v) is 5.63. The van der Waals surface area contributed by atoms with E-state index in [1.54, 1.807) is 18.2 Å². The number of para-hydroxylation sites is 1. The monoisotopic (exact) mass is 598 g/mol. The molecule has 14 heteroatoms. The molecule has 0 amide bonds. The van der Waals surface area contributed by atoms with Crippen LogP contribution in [0.4, 0.5) is 15.8 Å². The molecule has 220 valence electrons. The van der Waals surface area contributed by atoms with Crippen LogP contribution in [0.25, 0.3) is 10.9 Å². The second kappa shape index (κ2) is 12.5. The Kier molecular flexibility index (Phi) is 8.66. The third kappa shape index (κ3) is 6.51. The molecule has 0 aliphatic carbocycles. The predicted octanol–water partition coefficient (Wildman–Crippen LogP) is 4.59. The molecule has 0 spiro atoms. The Hall–Kier alpha value is -4.53. The van der Waals surface area contributed by atoms with Gasteiger partial charge in [0.05, 0.1) is 36.5 Å². The zero-order chi connectivity index (χ0) is 29.7. The number of nitrogens with zero attached hydrogens (tertiary/aromatic N) is 3. The smallest absolute Gasteiger partial charge is 0.289 e. The van der Waals surface area contributed by atoms with Gasteiger partial charge >= 0.3 is 0 Å². The van der Waals surface area contributed by atoms with Gasteiger partial charge in [-0.3, -0.25) is 24.7 Å². The maximum absolute atomic E-state index is 15.1. The van der Waals surface area contributed by atoms with Crippen LogP contribution in [0.1, 0.15) is 0 Å². The zero-order valence-corrected chi connectivity index (χ0v) is 23.3. The van der Waals surface area contributed by atoms with Gasteiger partial charge in [-0.05, 0) is 30.3 Å². The summed E-state index contributed by atoms with van der Waals surface area (Å²) >= 11 is 0. The molecule has 0 bridgehead atoms. The maximum atomic E-state index is 15.1. The van der Waals surface area contributed by atoms with Gasteiger partial charge in [-0.2, -0.15) is 0 Å². The highest BCUT2D eigenvalue weighted by molar-refractivity contribution is 7.92. The summed E-state index contributed by atoms with van der Waals surface area (Å²) in [6, 6.07) is 13.3. The van der Waals surface area contributed by atoms with Crippen molar-refractivity contribution < 1.29 is 36.7 Å². The number of morpholine rings is 1. The van der Waals surface area contributed by atoms with Crippen LogP contribution in [0, 0.1) is 15.9 Å². The number of benzene rings is 3. The number of halogens is 1. The number of ether oxygens (including phenoxy) is 4. The molecule has 2 heterocycles. The first-order chi connectivity index (χ1) is 20.2. The van der Waals surface area contributed by atoms with Gasteiger partial charge in [0.15, 0.2) is 28.0 Å². The van der Waals surface area contributed by atoms with E-state index in [1.165, 1.54) is 37.6 Å². The van der Waals surface area contributed by atoms with Crippen LogP contribution in [0.15, 0.2) is 71.8 Å². The van der Waals surface area contributed by atoms with Crippen molar-refractivity contribution in [2.75, 3.05) is 51.3 Å². The Balaban J connectivity index is 1.33. The lowest BCUT2D eigenvalue weighted by molar-refractivity contribution is -0.387. The SMILES string of the molecule is COc1cc2c(Oc3ccc(NS(=O)(=O)c4ccccc4[N+](=O)[O-])cc3F)ccnc2cc1OCCN1CCOCC1. The number of hydrogen-bond acceptors (Lipinski definition) is 10. The summed E-state index contributed by atoms with van der Waals surface area (Å²) in [6.45, 7) is 4.26. The van der Waals surface area contributed by atoms with E-state index < -0.39 is 31.3 Å². The van der Waals surface area contributed by atoms with E-state index in [1.807, 2.05) is 0 Å². The Bertz CT molecular complexity index is 1710. The lowest BCUT2D eigenvalue weighted by Crippen LogP contribution is -2.38. The van der Waals surface area contributed by atoms with Crippen molar-refractivity contribution in [3.8, 4) is 23.0 Å². The average Bonchev–Trinajstić information content (AvgIpc) is 2.98. The summed E-state index contributed by atoms with van der Waals surface area (Å²) in [7, 11) is -2.86. The van der Waals surface area contributed by atoms with Crippen LogP contribution in [0.2, 0.25) is 0 Å². The first kappa shape index (κ1) is 29.0. The average molecular weight is 599 g/mol. The minimum absolute atomic E-state index is 0.141. The molecular formula is C28H27FN4O8S. The molecule has 1 aliphatic heterocycles. The number of methoxy groups -OCH3 is 1. The van der Waals surface area contributed by atoms with Gasteiger partial charge in [0, 0.05) is 49.4 Å². The fraction of sp³-hybridized carbons (Fsp3) is 0.250. The summed E-state index contributed by atoms with van der Waals surface area (Å²) in [5.41, 5.74) is -0.210. The number of anilines is 1. The van der Waals surface area contributed by atoms with Crippen LogP contribution in [-0.4, -0.2) is 69.8 Å². The number of sulfonamides is 1. The minimum Gasteiger partial charge on any atom is -0.493 e. The summed E-state index contributed by atoms with van der Waals surface area (Å²) in [6.07, 6.45) is 1.51. The first-order valence-electron chi connectivity index (χ1n) is 12.9. The van der Waals surface area contributed by atoms with E-state index in [0.29, 0.717) is 42.2 Å². The van der Waals surface area contributed by atoms with Crippen molar-refractivity contribution in [1.29, 1.82) is 0 Å². The van der Waals surface area contributed by atoms with Crippen molar-refractivity contribution in [1.82, 2.24) is 9.88 Å². The van der Waals surface area contributed by atoms with E-state index in [4.69, 9.17) is 18.9 Å². The second-order valence-corrected chi connectivity index (χ2v) is 10.9. The fourth-order valence-electron chi connectivity index (χ4n) is 4.41. The lowest BCUT2D eigenvalue weighted by atomic mass is 10.1. The van der Waals surface area contributed by atoms with Crippen LogP contribution < -0.4 is 18.9 Å². The number of aromatic nitrogens is 1. The molecule has 1 fully saturated rings. The molecule has 5 rings (SSSR count). The summed E-state index contributed by atoms with van der Waals surface area (Å²) in [5.74, 6) is 0.191. The standard InChI is InChI=1S/C28H27FN4O8S/c1-38-26-17-20-22(18-27(26)40-15-12-32-10-13-39-14-11-32)30-9-8-24(20)41-25-7-6-19(16-21(25)29)31-42(36,37)28-5-3-2-4-23(28)33(34)35/h2-9,16-18,31H,10-15H2,1H3. The number of nitro groups is 1. The molecule has 1 aliphatic rings. The summed E-state index contributed by atoms with van der Waals surface area (Å²) < 4.78 is 65.6. The Morgan fingerprint density at radius 3 is 2.57 bits per heavy atom. The molecular weight excluding hydrogens is 571 g/mol. The quantitative estimate of drug-likeness (QED) is 0.192. The third-order valence-corrected chi connectivity index (χ3v) is 7.94. The topological polar surface area (TPSA) is 142 Å². The van der Waals surface area contributed by atoms with Gasteiger partial charge < -0.3 is 18.9 Å². The van der Waals surface area contributed by atoms with E-state index in [2.05, 4.69) is 14.6 Å². The molecule has 12 nitrogen and oxygen atoms in total.